The Morgan fingerprint density at radius 2 is 2.57 bits per heavy atom. The Balaban J connectivity index is 2.98. The number of rotatable bonds is 3. The van der Waals surface area contributed by atoms with Crippen molar-refractivity contribution in [1.82, 2.24) is 5.43 Å². The van der Waals surface area contributed by atoms with Crippen molar-refractivity contribution in [3.63, 3.8) is 0 Å². The lowest BCUT2D eigenvalue weighted by Crippen LogP contribution is -2.29. The number of nitroso groups, excluding NO2 is 1. The number of nitrogens with zero attached hydrogens (tertiary/aromatic N) is 1. The number of hydrazine groups is 1. The van der Waals surface area contributed by atoms with E-state index in [1.807, 2.05) is 0 Å². The topological polar surface area (TPSA) is 67.5 Å². The van der Waals surface area contributed by atoms with E-state index >= 15 is 0 Å². The fourth-order valence-corrected chi connectivity index (χ4v) is 0.208. The zero-order valence-corrected chi connectivity index (χ0v) is 4.22. The van der Waals surface area contributed by atoms with Gasteiger partial charge in [0.2, 0.25) is 0 Å². The molecular formula is C3H9N3O. The van der Waals surface area contributed by atoms with E-state index in [1.54, 1.807) is 6.92 Å². The summed E-state index contributed by atoms with van der Waals surface area (Å²) in [5, 5.41) is 2.69. The number of nitrogens with two attached hydrogens (primary N) is 1. The second kappa shape index (κ2) is 3.70. The maximum absolute atomic E-state index is 9.55. The maximum atomic E-state index is 9.55. The normalized spacial score (nSPS) is 13.4. The molecule has 0 fully saturated rings. The second-order valence-corrected chi connectivity index (χ2v) is 1.36. The lowest BCUT2D eigenvalue weighted by atomic mass is 10.4. The third kappa shape index (κ3) is 3.35. The Kier molecular flexibility index (Phi) is 3.45. The number of hydrogen-bond acceptors (Lipinski definition) is 4. The van der Waals surface area contributed by atoms with E-state index in [2.05, 4.69) is 10.6 Å². The van der Waals surface area contributed by atoms with Crippen molar-refractivity contribution >= 4 is 0 Å². The van der Waals surface area contributed by atoms with E-state index in [0.29, 0.717) is 6.54 Å². The summed E-state index contributed by atoms with van der Waals surface area (Å²) in [5.74, 6) is 4.86. The van der Waals surface area contributed by atoms with E-state index in [9.17, 15) is 4.91 Å². The molecule has 4 nitrogen and oxygen atoms in total. The van der Waals surface area contributed by atoms with Gasteiger partial charge in [0.15, 0.2) is 0 Å². The molecule has 3 N–H and O–H groups in total. The molecule has 0 aliphatic heterocycles. The fourth-order valence-electron chi connectivity index (χ4n) is 0.208. The maximum Gasteiger partial charge on any atom is 0.103 e. The van der Waals surface area contributed by atoms with Gasteiger partial charge in [-0.1, -0.05) is 5.18 Å². The molecule has 0 bridgehead atoms. The van der Waals surface area contributed by atoms with Gasteiger partial charge in [-0.05, 0) is 6.92 Å². The molecule has 0 rings (SSSR count). The quantitative estimate of drug-likeness (QED) is 0.290. The Bertz CT molecular complexity index is 56.1. The molecule has 0 aliphatic carbocycles. The average Bonchev–Trinajstić information content (AvgIpc) is 1.68. The van der Waals surface area contributed by atoms with Gasteiger partial charge in [-0.15, -0.1) is 0 Å². The van der Waals surface area contributed by atoms with E-state index in [1.165, 1.54) is 0 Å². The molecule has 42 valence electrons. The van der Waals surface area contributed by atoms with Gasteiger partial charge in [-0.3, -0.25) is 11.3 Å². The van der Waals surface area contributed by atoms with Crippen LogP contribution in [0.1, 0.15) is 6.92 Å². The van der Waals surface area contributed by atoms with Crippen LogP contribution in [0.5, 0.6) is 0 Å². The molecule has 0 saturated heterocycles. The van der Waals surface area contributed by atoms with Gasteiger partial charge in [-0.25, -0.2) is 0 Å². The minimum absolute atomic E-state index is 0.218. The van der Waals surface area contributed by atoms with Gasteiger partial charge >= 0.3 is 0 Å². The van der Waals surface area contributed by atoms with Gasteiger partial charge in [-0.2, -0.15) is 4.91 Å². The molecule has 7 heavy (non-hydrogen) atoms. The van der Waals surface area contributed by atoms with Crippen LogP contribution >= 0.6 is 0 Å². The summed E-state index contributed by atoms with van der Waals surface area (Å²) in [6.45, 7) is 2.14. The average molecular weight is 103 g/mol. The van der Waals surface area contributed by atoms with Gasteiger partial charge in [0.05, 0.1) is 0 Å². The standard InChI is InChI=1S/C3H9N3O/c1-3(6-7)2-5-4/h3,5H,2,4H2,1H3. The minimum atomic E-state index is -0.218. The Labute approximate surface area is 42.0 Å². The molecule has 0 heterocycles. The smallest absolute Gasteiger partial charge is 0.103 e. The van der Waals surface area contributed by atoms with Crippen molar-refractivity contribution in [2.75, 3.05) is 6.54 Å². The van der Waals surface area contributed by atoms with Crippen molar-refractivity contribution in [2.45, 2.75) is 13.0 Å². The highest BCUT2D eigenvalue weighted by molar-refractivity contribution is 4.57. The third-order valence-corrected chi connectivity index (χ3v) is 0.593. The van der Waals surface area contributed by atoms with Crippen molar-refractivity contribution in [3.8, 4) is 0 Å². The Morgan fingerprint density at radius 1 is 2.00 bits per heavy atom. The van der Waals surface area contributed by atoms with Crippen LogP contribution < -0.4 is 11.3 Å². The van der Waals surface area contributed by atoms with Crippen molar-refractivity contribution in [1.29, 1.82) is 0 Å². The zero-order valence-electron chi connectivity index (χ0n) is 4.22. The van der Waals surface area contributed by atoms with Crippen LogP contribution in [0.3, 0.4) is 0 Å². The lowest BCUT2D eigenvalue weighted by Gasteiger charge is -1.96. The summed E-state index contributed by atoms with van der Waals surface area (Å²) >= 11 is 0. The molecule has 0 aromatic rings. The van der Waals surface area contributed by atoms with Crippen LogP contribution in [0.15, 0.2) is 5.18 Å². The summed E-state index contributed by atoms with van der Waals surface area (Å²) in [6, 6.07) is -0.218. The third-order valence-electron chi connectivity index (χ3n) is 0.593. The highest BCUT2D eigenvalue weighted by atomic mass is 16.3. The predicted molar refractivity (Wildman–Crippen MR) is 27.4 cm³/mol. The van der Waals surface area contributed by atoms with Gasteiger partial charge in [0, 0.05) is 6.54 Å². The highest BCUT2D eigenvalue weighted by Gasteiger charge is 1.94. The molecule has 0 aliphatic rings. The molecule has 1 unspecified atom stereocenters. The number of hydrogen-bond donors (Lipinski definition) is 2. The first kappa shape index (κ1) is 6.52. The van der Waals surface area contributed by atoms with Crippen LogP contribution in [-0.2, 0) is 0 Å². The molecule has 0 saturated carbocycles. The minimum Gasteiger partial charge on any atom is -0.271 e. The van der Waals surface area contributed by atoms with E-state index in [0.717, 1.165) is 0 Å². The first-order valence-electron chi connectivity index (χ1n) is 2.07. The summed E-state index contributed by atoms with van der Waals surface area (Å²) in [4.78, 5) is 9.55. The lowest BCUT2D eigenvalue weighted by molar-refractivity contribution is 0.629. The summed E-state index contributed by atoms with van der Waals surface area (Å²) in [5.41, 5.74) is 2.32. The summed E-state index contributed by atoms with van der Waals surface area (Å²) < 4.78 is 0. The monoisotopic (exact) mass is 103 g/mol. The molecule has 0 amide bonds. The summed E-state index contributed by atoms with van der Waals surface area (Å²) in [7, 11) is 0. The van der Waals surface area contributed by atoms with Gasteiger partial charge in [0.25, 0.3) is 0 Å². The second-order valence-electron chi connectivity index (χ2n) is 1.36. The Hall–Kier alpha value is -0.480. The van der Waals surface area contributed by atoms with Crippen molar-refractivity contribution in [2.24, 2.45) is 11.0 Å². The first-order valence-corrected chi connectivity index (χ1v) is 2.07. The molecule has 0 spiro atoms. The molecule has 4 heteroatoms. The first-order chi connectivity index (χ1) is 3.31. The molecule has 1 atom stereocenters. The Morgan fingerprint density at radius 3 is 2.71 bits per heavy atom. The summed E-state index contributed by atoms with van der Waals surface area (Å²) in [6.07, 6.45) is 0. The van der Waals surface area contributed by atoms with Gasteiger partial charge in [0.1, 0.15) is 6.04 Å². The largest absolute Gasteiger partial charge is 0.271 e. The molecule has 0 radical (unpaired) electrons. The van der Waals surface area contributed by atoms with Gasteiger partial charge < -0.3 is 0 Å². The van der Waals surface area contributed by atoms with E-state index < -0.39 is 0 Å². The number of nitrogens with one attached hydrogen (secondary N) is 1. The van der Waals surface area contributed by atoms with Crippen LogP contribution in [0.2, 0.25) is 0 Å². The highest BCUT2D eigenvalue weighted by Crippen LogP contribution is 1.80. The van der Waals surface area contributed by atoms with Crippen molar-refractivity contribution in [3.05, 3.63) is 4.91 Å². The molecule has 0 aromatic carbocycles. The SMILES string of the molecule is CC(CNN)N=O. The van der Waals surface area contributed by atoms with Crippen LogP contribution in [0.25, 0.3) is 0 Å². The van der Waals surface area contributed by atoms with Crippen molar-refractivity contribution < 1.29 is 0 Å². The van der Waals surface area contributed by atoms with Crippen LogP contribution in [0, 0.1) is 4.91 Å². The zero-order chi connectivity index (χ0) is 5.70. The van der Waals surface area contributed by atoms with E-state index in [4.69, 9.17) is 5.84 Å². The molecule has 0 aromatic heterocycles. The van der Waals surface area contributed by atoms with E-state index in [-0.39, 0.29) is 6.04 Å². The fraction of sp³-hybridized carbons (Fsp3) is 1.00. The molecular weight excluding hydrogens is 94.1 g/mol. The van der Waals surface area contributed by atoms with Crippen LogP contribution in [0.4, 0.5) is 0 Å². The van der Waals surface area contributed by atoms with Crippen LogP contribution in [-0.4, -0.2) is 12.6 Å². The predicted octanol–water partition coefficient (Wildman–Crippen LogP) is -0.395.